The fraction of sp³-hybridized carbons (Fsp3) is 0.118. The average Bonchev–Trinajstić information content (AvgIpc) is 2.49. The Hall–Kier alpha value is -3.02. The molecule has 0 radical (unpaired) electrons. The Morgan fingerprint density at radius 1 is 1.30 bits per heavy atom. The summed E-state index contributed by atoms with van der Waals surface area (Å²) in [5.41, 5.74) is 1.07. The number of carboxylic acids is 1. The SMILES string of the molecule is Cc1nc2ccn(Cc3cccc(F)c3)c(=O)c2cc1C(=O)O. The van der Waals surface area contributed by atoms with Crippen molar-refractivity contribution >= 4 is 16.9 Å². The Morgan fingerprint density at radius 2 is 2.09 bits per heavy atom. The van der Waals surface area contributed by atoms with E-state index in [9.17, 15) is 14.0 Å². The lowest BCUT2D eigenvalue weighted by molar-refractivity contribution is 0.0696. The molecule has 5 nitrogen and oxygen atoms in total. The van der Waals surface area contributed by atoms with Crippen molar-refractivity contribution in [3.8, 4) is 0 Å². The predicted octanol–water partition coefficient (Wildman–Crippen LogP) is 2.59. The van der Waals surface area contributed by atoms with Crippen molar-refractivity contribution in [3.63, 3.8) is 0 Å². The number of nitrogens with zero attached hydrogens (tertiary/aromatic N) is 2. The van der Waals surface area contributed by atoms with E-state index in [1.54, 1.807) is 31.3 Å². The second-order valence-corrected chi connectivity index (χ2v) is 5.24. The number of aromatic carboxylic acids is 1. The monoisotopic (exact) mass is 312 g/mol. The number of pyridine rings is 2. The molecule has 0 amide bonds. The van der Waals surface area contributed by atoms with Gasteiger partial charge in [0.1, 0.15) is 5.82 Å². The van der Waals surface area contributed by atoms with E-state index in [-0.39, 0.29) is 28.9 Å². The number of benzene rings is 1. The predicted molar refractivity (Wildman–Crippen MR) is 83.2 cm³/mol. The van der Waals surface area contributed by atoms with Gasteiger partial charge in [-0.05, 0) is 36.8 Å². The van der Waals surface area contributed by atoms with Crippen molar-refractivity contribution < 1.29 is 14.3 Å². The molecule has 0 aliphatic heterocycles. The maximum Gasteiger partial charge on any atom is 0.337 e. The summed E-state index contributed by atoms with van der Waals surface area (Å²) in [6.07, 6.45) is 1.57. The van der Waals surface area contributed by atoms with Crippen LogP contribution in [-0.2, 0) is 6.54 Å². The number of fused-ring (bicyclic) bond motifs is 1. The molecule has 2 aromatic heterocycles. The minimum Gasteiger partial charge on any atom is -0.478 e. The molecule has 3 aromatic rings. The van der Waals surface area contributed by atoms with Crippen molar-refractivity contribution in [3.05, 3.63) is 75.6 Å². The van der Waals surface area contributed by atoms with Crippen molar-refractivity contribution in [2.24, 2.45) is 0 Å². The van der Waals surface area contributed by atoms with Gasteiger partial charge in [-0.2, -0.15) is 0 Å². The van der Waals surface area contributed by atoms with Crippen LogP contribution >= 0.6 is 0 Å². The van der Waals surface area contributed by atoms with Crippen LogP contribution in [0.4, 0.5) is 4.39 Å². The van der Waals surface area contributed by atoms with Crippen LogP contribution in [0, 0.1) is 12.7 Å². The van der Waals surface area contributed by atoms with E-state index in [2.05, 4.69) is 4.98 Å². The van der Waals surface area contributed by atoms with Crippen LogP contribution in [-0.4, -0.2) is 20.6 Å². The Morgan fingerprint density at radius 3 is 2.78 bits per heavy atom. The lowest BCUT2D eigenvalue weighted by Crippen LogP contribution is -2.21. The van der Waals surface area contributed by atoms with Crippen LogP contribution in [0.2, 0.25) is 0 Å². The van der Waals surface area contributed by atoms with Gasteiger partial charge in [0.15, 0.2) is 0 Å². The number of halogens is 1. The molecule has 0 aliphatic rings. The van der Waals surface area contributed by atoms with Crippen molar-refractivity contribution in [1.29, 1.82) is 0 Å². The van der Waals surface area contributed by atoms with E-state index in [4.69, 9.17) is 5.11 Å². The summed E-state index contributed by atoms with van der Waals surface area (Å²) >= 11 is 0. The quantitative estimate of drug-likeness (QED) is 0.807. The molecule has 1 aromatic carbocycles. The third kappa shape index (κ3) is 2.83. The molecule has 0 saturated heterocycles. The van der Waals surface area contributed by atoms with E-state index in [1.165, 1.54) is 22.8 Å². The molecule has 0 unspecified atom stereocenters. The zero-order valence-corrected chi connectivity index (χ0v) is 12.3. The minimum atomic E-state index is -1.13. The summed E-state index contributed by atoms with van der Waals surface area (Å²) in [7, 11) is 0. The van der Waals surface area contributed by atoms with Crippen LogP contribution in [0.3, 0.4) is 0 Å². The second-order valence-electron chi connectivity index (χ2n) is 5.24. The summed E-state index contributed by atoms with van der Waals surface area (Å²) in [6.45, 7) is 1.78. The fourth-order valence-corrected chi connectivity index (χ4v) is 2.48. The minimum absolute atomic E-state index is 0.00175. The number of hydrogen-bond acceptors (Lipinski definition) is 3. The van der Waals surface area contributed by atoms with Crippen molar-refractivity contribution in [2.75, 3.05) is 0 Å². The van der Waals surface area contributed by atoms with E-state index in [0.29, 0.717) is 16.8 Å². The molecular formula is C17H13FN2O3. The number of hydrogen-bond donors (Lipinski definition) is 1. The lowest BCUT2D eigenvalue weighted by Gasteiger charge is -2.09. The topological polar surface area (TPSA) is 72.2 Å². The van der Waals surface area contributed by atoms with Gasteiger partial charge in [0, 0.05) is 6.20 Å². The molecule has 0 saturated carbocycles. The third-order valence-corrected chi connectivity index (χ3v) is 3.62. The molecule has 6 heteroatoms. The highest BCUT2D eigenvalue weighted by molar-refractivity contribution is 5.93. The van der Waals surface area contributed by atoms with Gasteiger partial charge in [0.2, 0.25) is 0 Å². The smallest absolute Gasteiger partial charge is 0.337 e. The van der Waals surface area contributed by atoms with Crippen LogP contribution in [0.25, 0.3) is 10.9 Å². The molecule has 3 rings (SSSR count). The van der Waals surface area contributed by atoms with E-state index in [0.717, 1.165) is 0 Å². The number of carboxylic acid groups (broad SMARTS) is 1. The molecule has 1 N–H and O–H groups in total. The van der Waals surface area contributed by atoms with Gasteiger partial charge in [-0.25, -0.2) is 9.18 Å². The summed E-state index contributed by atoms with van der Waals surface area (Å²) in [6, 6.07) is 8.96. The third-order valence-electron chi connectivity index (χ3n) is 3.62. The molecule has 0 fully saturated rings. The van der Waals surface area contributed by atoms with Gasteiger partial charge < -0.3 is 9.67 Å². The van der Waals surface area contributed by atoms with E-state index in [1.807, 2.05) is 0 Å². The molecular weight excluding hydrogens is 299 g/mol. The maximum absolute atomic E-state index is 13.2. The molecule has 0 bridgehead atoms. The Bertz CT molecular complexity index is 979. The largest absolute Gasteiger partial charge is 0.478 e. The molecule has 0 atom stereocenters. The molecule has 2 heterocycles. The van der Waals surface area contributed by atoms with E-state index >= 15 is 0 Å². The van der Waals surface area contributed by atoms with Crippen LogP contribution in [0.15, 0.2) is 47.4 Å². The Balaban J connectivity index is 2.13. The summed E-state index contributed by atoms with van der Waals surface area (Å²) in [4.78, 5) is 27.9. The molecule has 23 heavy (non-hydrogen) atoms. The normalized spacial score (nSPS) is 10.9. The van der Waals surface area contributed by atoms with Gasteiger partial charge in [-0.15, -0.1) is 0 Å². The highest BCUT2D eigenvalue weighted by Gasteiger charge is 2.13. The van der Waals surface area contributed by atoms with Gasteiger partial charge >= 0.3 is 5.97 Å². The number of rotatable bonds is 3. The van der Waals surface area contributed by atoms with Crippen molar-refractivity contribution in [1.82, 2.24) is 9.55 Å². The molecule has 116 valence electrons. The first-order valence-corrected chi connectivity index (χ1v) is 6.94. The van der Waals surface area contributed by atoms with Gasteiger partial charge in [0.25, 0.3) is 5.56 Å². The van der Waals surface area contributed by atoms with Crippen molar-refractivity contribution in [2.45, 2.75) is 13.5 Å². The molecule has 0 aliphatic carbocycles. The summed E-state index contributed by atoms with van der Waals surface area (Å²) in [5.74, 6) is -1.50. The average molecular weight is 312 g/mol. The number of aryl methyl sites for hydroxylation is 1. The summed E-state index contributed by atoms with van der Waals surface area (Å²) in [5, 5.41) is 9.39. The van der Waals surface area contributed by atoms with Crippen LogP contribution in [0.5, 0.6) is 0 Å². The highest BCUT2D eigenvalue weighted by Crippen LogP contribution is 2.14. The Kier molecular flexibility index (Phi) is 3.65. The van der Waals surface area contributed by atoms with E-state index < -0.39 is 5.97 Å². The maximum atomic E-state index is 13.2. The van der Waals surface area contributed by atoms with Crippen LogP contribution in [0.1, 0.15) is 21.6 Å². The lowest BCUT2D eigenvalue weighted by atomic mass is 10.1. The summed E-state index contributed by atoms with van der Waals surface area (Å²) < 4.78 is 14.6. The van der Waals surface area contributed by atoms with Gasteiger partial charge in [0.05, 0.1) is 28.7 Å². The standard InChI is InChI=1S/C17H13FN2O3/c1-10-13(17(22)23)8-14-15(19-10)5-6-20(16(14)21)9-11-3-2-4-12(18)7-11/h2-8H,9H2,1H3,(H,22,23). The highest BCUT2D eigenvalue weighted by atomic mass is 19.1. The zero-order valence-electron chi connectivity index (χ0n) is 12.3. The first-order valence-electron chi connectivity index (χ1n) is 6.94. The number of carbonyl (C=O) groups is 1. The second kappa shape index (κ2) is 5.64. The first-order chi connectivity index (χ1) is 11.0. The number of aromatic nitrogens is 2. The fourth-order valence-electron chi connectivity index (χ4n) is 2.48. The van der Waals surface area contributed by atoms with Crippen LogP contribution < -0.4 is 5.56 Å². The van der Waals surface area contributed by atoms with Gasteiger partial charge in [-0.3, -0.25) is 9.78 Å². The first kappa shape index (κ1) is 14.9. The molecule has 0 spiro atoms. The zero-order chi connectivity index (χ0) is 16.6. The van der Waals surface area contributed by atoms with Gasteiger partial charge in [-0.1, -0.05) is 12.1 Å². The Labute approximate surface area is 130 Å².